The zero-order valence-corrected chi connectivity index (χ0v) is 13.4. The number of aromatic nitrogens is 1. The van der Waals surface area contributed by atoms with Gasteiger partial charge < -0.3 is 14.6 Å². The molecule has 1 aliphatic heterocycles. The second kappa shape index (κ2) is 7.09. The second-order valence-electron chi connectivity index (χ2n) is 5.94. The lowest BCUT2D eigenvalue weighted by Crippen LogP contribution is -2.51. The van der Waals surface area contributed by atoms with Gasteiger partial charge in [0.1, 0.15) is 11.6 Å². The summed E-state index contributed by atoms with van der Waals surface area (Å²) in [6.07, 6.45) is 2.03. The minimum Gasteiger partial charge on any atom is -0.441 e. The molecule has 1 N–H and O–H groups in total. The SMILES string of the molecule is CC1CN(C(=O)CCc2ncc(-c3ccc(F)cc3F)o2)CCN1. The Kier molecular flexibility index (Phi) is 4.89. The first-order valence-electron chi connectivity index (χ1n) is 7.94. The fraction of sp³-hybridized carbons (Fsp3) is 0.412. The molecule has 24 heavy (non-hydrogen) atoms. The van der Waals surface area contributed by atoms with Crippen LogP contribution in [0.1, 0.15) is 19.2 Å². The Hall–Kier alpha value is -2.28. The van der Waals surface area contributed by atoms with Crippen molar-refractivity contribution in [2.75, 3.05) is 19.6 Å². The van der Waals surface area contributed by atoms with Gasteiger partial charge >= 0.3 is 0 Å². The number of nitrogens with zero attached hydrogens (tertiary/aromatic N) is 2. The van der Waals surface area contributed by atoms with Crippen LogP contribution < -0.4 is 5.32 Å². The van der Waals surface area contributed by atoms with Crippen molar-refractivity contribution in [1.29, 1.82) is 0 Å². The van der Waals surface area contributed by atoms with Gasteiger partial charge in [0.25, 0.3) is 0 Å². The van der Waals surface area contributed by atoms with Gasteiger partial charge in [-0.2, -0.15) is 0 Å². The van der Waals surface area contributed by atoms with Crippen molar-refractivity contribution in [3.05, 3.63) is 41.9 Å². The van der Waals surface area contributed by atoms with E-state index >= 15 is 0 Å². The predicted molar refractivity (Wildman–Crippen MR) is 84.2 cm³/mol. The fourth-order valence-corrected chi connectivity index (χ4v) is 2.77. The maximum absolute atomic E-state index is 13.7. The molecule has 7 heteroatoms. The average molecular weight is 335 g/mol. The highest BCUT2D eigenvalue weighted by Gasteiger charge is 2.21. The molecule has 2 heterocycles. The smallest absolute Gasteiger partial charge is 0.223 e. The molecule has 128 valence electrons. The van der Waals surface area contributed by atoms with Gasteiger partial charge in [0.2, 0.25) is 5.91 Å². The van der Waals surface area contributed by atoms with Crippen LogP contribution in [-0.4, -0.2) is 41.5 Å². The molecule has 1 aliphatic rings. The van der Waals surface area contributed by atoms with E-state index in [1.54, 1.807) is 0 Å². The number of halogens is 2. The minimum atomic E-state index is -0.705. The largest absolute Gasteiger partial charge is 0.441 e. The number of piperazine rings is 1. The van der Waals surface area contributed by atoms with Crippen LogP contribution in [0.5, 0.6) is 0 Å². The van der Waals surface area contributed by atoms with Crippen LogP contribution in [0.2, 0.25) is 0 Å². The molecule has 2 aromatic rings. The highest BCUT2D eigenvalue weighted by Crippen LogP contribution is 2.24. The molecule has 1 atom stereocenters. The fourth-order valence-electron chi connectivity index (χ4n) is 2.77. The maximum atomic E-state index is 13.7. The Balaban J connectivity index is 1.61. The molecule has 0 radical (unpaired) electrons. The molecule has 5 nitrogen and oxygen atoms in total. The first-order chi connectivity index (χ1) is 11.5. The van der Waals surface area contributed by atoms with Crippen LogP contribution in [0.15, 0.2) is 28.8 Å². The van der Waals surface area contributed by atoms with Gasteiger partial charge in [-0.05, 0) is 19.1 Å². The molecule has 1 aromatic heterocycles. The second-order valence-corrected chi connectivity index (χ2v) is 5.94. The first kappa shape index (κ1) is 16.6. The number of aryl methyl sites for hydroxylation is 1. The summed E-state index contributed by atoms with van der Waals surface area (Å²) >= 11 is 0. The van der Waals surface area contributed by atoms with Gasteiger partial charge in [-0.3, -0.25) is 4.79 Å². The number of carbonyl (C=O) groups is 1. The summed E-state index contributed by atoms with van der Waals surface area (Å²) in [5.41, 5.74) is 0.150. The monoisotopic (exact) mass is 335 g/mol. The van der Waals surface area contributed by atoms with Crippen molar-refractivity contribution in [2.24, 2.45) is 0 Å². The highest BCUT2D eigenvalue weighted by molar-refractivity contribution is 5.76. The van der Waals surface area contributed by atoms with E-state index in [2.05, 4.69) is 10.3 Å². The molecular weight excluding hydrogens is 316 g/mol. The Labute approximate surface area is 138 Å². The van der Waals surface area contributed by atoms with Crippen LogP contribution >= 0.6 is 0 Å². The van der Waals surface area contributed by atoms with E-state index in [1.807, 2.05) is 11.8 Å². The Morgan fingerprint density at radius 1 is 1.46 bits per heavy atom. The normalized spacial score (nSPS) is 18.0. The van der Waals surface area contributed by atoms with E-state index in [4.69, 9.17) is 4.42 Å². The molecule has 1 aromatic carbocycles. The van der Waals surface area contributed by atoms with E-state index in [0.717, 1.165) is 18.7 Å². The van der Waals surface area contributed by atoms with E-state index in [-0.39, 0.29) is 23.3 Å². The zero-order chi connectivity index (χ0) is 17.1. The summed E-state index contributed by atoms with van der Waals surface area (Å²) < 4.78 is 32.2. The number of rotatable bonds is 4. The molecule has 3 rings (SSSR count). The van der Waals surface area contributed by atoms with Gasteiger partial charge in [-0.1, -0.05) is 0 Å². The maximum Gasteiger partial charge on any atom is 0.223 e. The summed E-state index contributed by atoms with van der Waals surface area (Å²) in [6.45, 7) is 4.22. The summed E-state index contributed by atoms with van der Waals surface area (Å²) in [5.74, 6) is -0.706. The summed E-state index contributed by atoms with van der Waals surface area (Å²) in [4.78, 5) is 18.1. The molecule has 0 saturated carbocycles. The molecule has 1 unspecified atom stereocenters. The molecule has 1 amide bonds. The Morgan fingerprint density at radius 3 is 3.04 bits per heavy atom. The van der Waals surface area contributed by atoms with E-state index in [9.17, 15) is 13.6 Å². The number of hydrogen-bond donors (Lipinski definition) is 1. The third-order valence-corrected chi connectivity index (χ3v) is 4.02. The molecular formula is C17H19F2N3O2. The number of oxazole rings is 1. The molecule has 0 spiro atoms. The van der Waals surface area contributed by atoms with Crippen molar-refractivity contribution in [3.63, 3.8) is 0 Å². The van der Waals surface area contributed by atoms with Crippen molar-refractivity contribution in [1.82, 2.24) is 15.2 Å². The van der Waals surface area contributed by atoms with Gasteiger partial charge in [-0.15, -0.1) is 0 Å². The lowest BCUT2D eigenvalue weighted by Gasteiger charge is -2.31. The number of amides is 1. The number of benzene rings is 1. The lowest BCUT2D eigenvalue weighted by molar-refractivity contribution is -0.132. The van der Waals surface area contributed by atoms with E-state index in [0.29, 0.717) is 31.8 Å². The number of hydrogen-bond acceptors (Lipinski definition) is 4. The Bertz CT molecular complexity index is 732. The van der Waals surface area contributed by atoms with Crippen LogP contribution in [0, 0.1) is 11.6 Å². The molecule has 1 saturated heterocycles. The van der Waals surface area contributed by atoms with Gasteiger partial charge in [0.05, 0.1) is 11.8 Å². The van der Waals surface area contributed by atoms with Gasteiger partial charge in [0.15, 0.2) is 11.7 Å². The number of nitrogens with one attached hydrogen (secondary N) is 1. The summed E-state index contributed by atoms with van der Waals surface area (Å²) in [5, 5.41) is 3.28. The van der Waals surface area contributed by atoms with Crippen molar-refractivity contribution in [3.8, 4) is 11.3 Å². The van der Waals surface area contributed by atoms with Gasteiger partial charge in [0, 0.05) is 44.6 Å². The van der Waals surface area contributed by atoms with Crippen molar-refractivity contribution < 1.29 is 18.0 Å². The molecule has 0 bridgehead atoms. The third kappa shape index (κ3) is 3.79. The predicted octanol–water partition coefficient (Wildman–Crippen LogP) is 2.37. The average Bonchev–Trinajstić information content (AvgIpc) is 3.01. The quantitative estimate of drug-likeness (QED) is 0.932. The number of carbonyl (C=O) groups excluding carboxylic acids is 1. The van der Waals surface area contributed by atoms with E-state index in [1.165, 1.54) is 12.3 Å². The van der Waals surface area contributed by atoms with E-state index < -0.39 is 11.6 Å². The van der Waals surface area contributed by atoms with Crippen LogP contribution in [0.4, 0.5) is 8.78 Å². The Morgan fingerprint density at radius 2 is 2.29 bits per heavy atom. The highest BCUT2D eigenvalue weighted by atomic mass is 19.1. The first-order valence-corrected chi connectivity index (χ1v) is 7.94. The van der Waals surface area contributed by atoms with Crippen LogP contribution in [0.3, 0.4) is 0 Å². The van der Waals surface area contributed by atoms with Gasteiger partial charge in [-0.25, -0.2) is 13.8 Å². The summed E-state index contributed by atoms with van der Waals surface area (Å²) in [7, 11) is 0. The zero-order valence-electron chi connectivity index (χ0n) is 13.4. The standard InChI is InChI=1S/C17H19F2N3O2/c1-11-10-22(7-6-20-11)17(23)5-4-16-21-9-15(24-16)13-3-2-12(18)8-14(13)19/h2-3,8-9,11,20H,4-7,10H2,1H3. The van der Waals surface area contributed by atoms with Crippen LogP contribution in [-0.2, 0) is 11.2 Å². The summed E-state index contributed by atoms with van der Waals surface area (Å²) in [6, 6.07) is 3.56. The lowest BCUT2D eigenvalue weighted by atomic mass is 10.2. The van der Waals surface area contributed by atoms with Crippen molar-refractivity contribution in [2.45, 2.75) is 25.8 Å². The van der Waals surface area contributed by atoms with Crippen LogP contribution in [0.25, 0.3) is 11.3 Å². The molecule has 1 fully saturated rings. The topological polar surface area (TPSA) is 58.4 Å². The third-order valence-electron chi connectivity index (χ3n) is 4.02. The van der Waals surface area contributed by atoms with Crippen molar-refractivity contribution >= 4 is 5.91 Å². The minimum absolute atomic E-state index is 0.0519. The molecule has 0 aliphatic carbocycles.